The zero-order valence-corrected chi connectivity index (χ0v) is 7.04. The highest BCUT2D eigenvalue weighted by Gasteiger charge is 2.00. The third-order valence-electron chi connectivity index (χ3n) is 1.16. The minimum atomic E-state index is -0.545. The van der Waals surface area contributed by atoms with Gasteiger partial charge >= 0.3 is 6.09 Å². The van der Waals surface area contributed by atoms with Gasteiger partial charge in [-0.1, -0.05) is 18.2 Å². The molecule has 64 valence electrons. The van der Waals surface area contributed by atoms with E-state index in [4.69, 9.17) is 16.3 Å². The average molecular weight is 186 g/mol. The van der Waals surface area contributed by atoms with Crippen molar-refractivity contribution < 1.29 is 9.53 Å². The van der Waals surface area contributed by atoms with E-state index < -0.39 is 6.09 Å². The van der Waals surface area contributed by atoms with Gasteiger partial charge in [0, 0.05) is 0 Å². The Kier molecular flexibility index (Phi) is 3.41. The molecule has 0 saturated heterocycles. The quantitative estimate of drug-likeness (QED) is 0.565. The molecule has 1 aromatic rings. The van der Waals surface area contributed by atoms with Crippen LogP contribution in [0.1, 0.15) is 0 Å². The minimum Gasteiger partial charge on any atom is -0.410 e. The van der Waals surface area contributed by atoms with Gasteiger partial charge in [0.15, 0.2) is 0 Å². The van der Waals surface area contributed by atoms with Crippen LogP contribution in [0.2, 0.25) is 0 Å². The van der Waals surface area contributed by atoms with E-state index >= 15 is 0 Å². The van der Waals surface area contributed by atoms with Gasteiger partial charge in [0.25, 0.3) is 0 Å². The maximum Gasteiger partial charge on any atom is 0.413 e. The fraction of sp³-hybridized carbons (Fsp3) is 0.125. The number of benzene rings is 1. The molecule has 0 aliphatic heterocycles. The van der Waals surface area contributed by atoms with Crippen LogP contribution in [0.4, 0.5) is 4.79 Å². The molecule has 0 radical (unpaired) electrons. The van der Waals surface area contributed by atoms with Crippen LogP contribution in [-0.2, 0) is 0 Å². The number of carbonyl (C=O) groups is 1. The molecule has 0 aliphatic rings. The Hall–Kier alpha value is -1.22. The van der Waals surface area contributed by atoms with E-state index in [1.807, 2.05) is 6.07 Å². The molecule has 0 fully saturated rings. The molecule has 1 aromatic carbocycles. The second-order valence-electron chi connectivity index (χ2n) is 2.01. The standard InChI is InChI=1S/C8H8ClNO2/c9-6-10-8(11)12-7-4-2-1-3-5-7/h1-5H,6H2,(H,10,11). The summed E-state index contributed by atoms with van der Waals surface area (Å²) in [5.74, 6) is 0.500. The van der Waals surface area contributed by atoms with E-state index in [1.54, 1.807) is 24.3 Å². The van der Waals surface area contributed by atoms with Crippen molar-refractivity contribution in [1.82, 2.24) is 5.32 Å². The number of ether oxygens (including phenoxy) is 1. The fourth-order valence-corrected chi connectivity index (χ4v) is 0.795. The van der Waals surface area contributed by atoms with Crippen molar-refractivity contribution in [3.05, 3.63) is 30.3 Å². The predicted octanol–water partition coefficient (Wildman–Crippen LogP) is 1.97. The highest BCUT2D eigenvalue weighted by molar-refractivity contribution is 6.18. The number of nitrogens with one attached hydrogen (secondary N) is 1. The Morgan fingerprint density at radius 3 is 2.67 bits per heavy atom. The van der Waals surface area contributed by atoms with Gasteiger partial charge in [-0.2, -0.15) is 0 Å². The van der Waals surface area contributed by atoms with Crippen LogP contribution < -0.4 is 10.1 Å². The molecule has 1 rings (SSSR count). The second-order valence-corrected chi connectivity index (χ2v) is 2.28. The lowest BCUT2D eigenvalue weighted by Gasteiger charge is -2.02. The van der Waals surface area contributed by atoms with Gasteiger partial charge in [-0.05, 0) is 12.1 Å². The third-order valence-corrected chi connectivity index (χ3v) is 1.30. The van der Waals surface area contributed by atoms with Crippen LogP contribution in [0.3, 0.4) is 0 Å². The molecule has 1 N–H and O–H groups in total. The van der Waals surface area contributed by atoms with Crippen molar-refractivity contribution in [2.24, 2.45) is 0 Å². The first kappa shape index (κ1) is 8.87. The number of hydrogen-bond donors (Lipinski definition) is 1. The Morgan fingerprint density at radius 1 is 1.42 bits per heavy atom. The number of para-hydroxylation sites is 1. The highest BCUT2D eigenvalue weighted by atomic mass is 35.5. The summed E-state index contributed by atoms with van der Waals surface area (Å²) < 4.78 is 4.82. The van der Waals surface area contributed by atoms with E-state index in [1.165, 1.54) is 0 Å². The van der Waals surface area contributed by atoms with E-state index in [2.05, 4.69) is 5.32 Å². The smallest absolute Gasteiger partial charge is 0.410 e. The fourth-order valence-electron chi connectivity index (χ4n) is 0.686. The van der Waals surface area contributed by atoms with Crippen LogP contribution in [0, 0.1) is 0 Å². The van der Waals surface area contributed by atoms with E-state index in [9.17, 15) is 4.79 Å². The monoisotopic (exact) mass is 185 g/mol. The van der Waals surface area contributed by atoms with Crippen LogP contribution in [0.25, 0.3) is 0 Å². The van der Waals surface area contributed by atoms with E-state index in [0.717, 1.165) is 0 Å². The molecule has 0 heterocycles. The summed E-state index contributed by atoms with van der Waals surface area (Å²) in [6, 6.07) is 8.83. The van der Waals surface area contributed by atoms with Gasteiger partial charge in [0.05, 0.1) is 6.00 Å². The highest BCUT2D eigenvalue weighted by Crippen LogP contribution is 2.07. The first-order valence-electron chi connectivity index (χ1n) is 3.39. The molecule has 0 aromatic heterocycles. The van der Waals surface area contributed by atoms with Crippen molar-refractivity contribution in [3.63, 3.8) is 0 Å². The van der Waals surface area contributed by atoms with Crippen LogP contribution in [0.5, 0.6) is 5.75 Å². The first-order valence-corrected chi connectivity index (χ1v) is 3.93. The topological polar surface area (TPSA) is 38.3 Å². The molecule has 3 nitrogen and oxygen atoms in total. The molecule has 1 amide bonds. The lowest BCUT2D eigenvalue weighted by atomic mass is 10.3. The molecule has 12 heavy (non-hydrogen) atoms. The van der Waals surface area contributed by atoms with Crippen molar-refractivity contribution in [3.8, 4) is 5.75 Å². The maximum atomic E-state index is 10.8. The van der Waals surface area contributed by atoms with Crippen LogP contribution in [-0.4, -0.2) is 12.1 Å². The Bertz CT molecular complexity index is 250. The maximum absolute atomic E-state index is 10.8. The lowest BCUT2D eigenvalue weighted by Crippen LogP contribution is -2.25. The van der Waals surface area contributed by atoms with Crippen molar-refractivity contribution >= 4 is 17.7 Å². The number of halogens is 1. The molecule has 0 bridgehead atoms. The van der Waals surface area contributed by atoms with Gasteiger partial charge in [-0.15, -0.1) is 11.6 Å². The molecule has 0 unspecified atom stereocenters. The molecular formula is C8H8ClNO2. The van der Waals surface area contributed by atoms with Gasteiger partial charge in [-0.3, -0.25) is 0 Å². The van der Waals surface area contributed by atoms with E-state index in [0.29, 0.717) is 5.75 Å². The number of alkyl halides is 1. The third kappa shape index (κ3) is 2.80. The van der Waals surface area contributed by atoms with Crippen LogP contribution in [0.15, 0.2) is 30.3 Å². The van der Waals surface area contributed by atoms with Crippen molar-refractivity contribution in [2.45, 2.75) is 0 Å². The van der Waals surface area contributed by atoms with Crippen molar-refractivity contribution in [2.75, 3.05) is 6.00 Å². The SMILES string of the molecule is O=C(NCCl)Oc1ccccc1. The summed E-state index contributed by atoms with van der Waals surface area (Å²) in [5.41, 5.74) is 0. The normalized spacial score (nSPS) is 9.08. The number of carbonyl (C=O) groups excluding carboxylic acids is 1. The Labute approximate surface area is 75.3 Å². The molecule has 0 spiro atoms. The Morgan fingerprint density at radius 2 is 2.08 bits per heavy atom. The summed E-state index contributed by atoms with van der Waals surface area (Å²) >= 11 is 5.25. The average Bonchev–Trinajstić information content (AvgIpc) is 2.06. The summed E-state index contributed by atoms with van der Waals surface area (Å²) in [6.07, 6.45) is -0.545. The van der Waals surface area contributed by atoms with Gasteiger partial charge in [0.1, 0.15) is 5.75 Å². The molecule has 4 heteroatoms. The minimum absolute atomic E-state index is 0.0473. The summed E-state index contributed by atoms with van der Waals surface area (Å²) in [5, 5.41) is 2.30. The molecule has 0 saturated carbocycles. The van der Waals surface area contributed by atoms with Gasteiger partial charge in [-0.25, -0.2) is 4.79 Å². The predicted molar refractivity (Wildman–Crippen MR) is 46.3 cm³/mol. The zero-order valence-electron chi connectivity index (χ0n) is 6.29. The molecule has 0 atom stereocenters. The number of rotatable bonds is 2. The lowest BCUT2D eigenvalue weighted by molar-refractivity contribution is 0.202. The number of amides is 1. The summed E-state index contributed by atoms with van der Waals surface area (Å²) in [7, 11) is 0. The summed E-state index contributed by atoms with van der Waals surface area (Å²) in [4.78, 5) is 10.8. The summed E-state index contributed by atoms with van der Waals surface area (Å²) in [6.45, 7) is 0. The zero-order chi connectivity index (χ0) is 8.81. The first-order chi connectivity index (χ1) is 5.83. The second kappa shape index (κ2) is 4.62. The van der Waals surface area contributed by atoms with Gasteiger partial charge in [0.2, 0.25) is 0 Å². The number of hydrogen-bond acceptors (Lipinski definition) is 2. The largest absolute Gasteiger partial charge is 0.413 e. The van der Waals surface area contributed by atoms with E-state index in [-0.39, 0.29) is 6.00 Å². The van der Waals surface area contributed by atoms with Gasteiger partial charge < -0.3 is 10.1 Å². The molecular weight excluding hydrogens is 178 g/mol. The van der Waals surface area contributed by atoms with Crippen molar-refractivity contribution in [1.29, 1.82) is 0 Å². The Balaban J connectivity index is 2.47. The molecule has 0 aliphatic carbocycles. The van der Waals surface area contributed by atoms with Crippen LogP contribution >= 0.6 is 11.6 Å².